The molecule has 0 aromatic heterocycles. The number of hydrogen-bond acceptors (Lipinski definition) is 2. The lowest BCUT2D eigenvalue weighted by molar-refractivity contribution is -0.137. The van der Waals surface area contributed by atoms with Crippen LogP contribution in [0.25, 0.3) is 5.57 Å². The van der Waals surface area contributed by atoms with E-state index in [4.69, 9.17) is 4.74 Å². The third-order valence-electron chi connectivity index (χ3n) is 3.99. The Kier molecular flexibility index (Phi) is 5.40. The molecule has 20 heavy (non-hydrogen) atoms. The molecule has 0 aliphatic heterocycles. The van der Waals surface area contributed by atoms with Gasteiger partial charge in [0, 0.05) is 6.08 Å². The SMILES string of the molecule is CCOC(=O)C=C(c1ccc(C)cc1)C1CCCCC1. The molecule has 2 heteroatoms. The summed E-state index contributed by atoms with van der Waals surface area (Å²) in [7, 11) is 0. The zero-order valence-corrected chi connectivity index (χ0v) is 12.5. The maximum absolute atomic E-state index is 11.8. The molecule has 108 valence electrons. The summed E-state index contributed by atoms with van der Waals surface area (Å²) in [6.07, 6.45) is 7.91. The lowest BCUT2D eigenvalue weighted by Gasteiger charge is -2.24. The highest BCUT2D eigenvalue weighted by Crippen LogP contribution is 2.35. The van der Waals surface area contributed by atoms with E-state index in [0.29, 0.717) is 12.5 Å². The number of ether oxygens (including phenoxy) is 1. The normalized spacial score (nSPS) is 17.0. The summed E-state index contributed by atoms with van der Waals surface area (Å²) in [5.74, 6) is 0.282. The van der Waals surface area contributed by atoms with Gasteiger partial charge in [0.15, 0.2) is 0 Å². The Morgan fingerprint density at radius 2 is 1.85 bits per heavy atom. The van der Waals surface area contributed by atoms with Gasteiger partial charge >= 0.3 is 5.97 Å². The third kappa shape index (κ3) is 3.96. The van der Waals surface area contributed by atoms with E-state index >= 15 is 0 Å². The van der Waals surface area contributed by atoms with E-state index < -0.39 is 0 Å². The van der Waals surface area contributed by atoms with Gasteiger partial charge in [0.05, 0.1) is 6.61 Å². The number of aryl methyl sites for hydroxylation is 1. The minimum atomic E-state index is -0.214. The predicted molar refractivity (Wildman–Crippen MR) is 82.4 cm³/mol. The van der Waals surface area contributed by atoms with Gasteiger partial charge in [-0.05, 0) is 43.7 Å². The first kappa shape index (κ1) is 14.8. The standard InChI is InChI=1S/C18H24O2/c1-3-20-18(19)13-17(15-7-5-4-6-8-15)16-11-9-14(2)10-12-16/h9-13,15H,3-8H2,1-2H3. The van der Waals surface area contributed by atoms with Gasteiger partial charge in [-0.25, -0.2) is 4.79 Å². The number of allylic oxidation sites excluding steroid dienone is 1. The van der Waals surface area contributed by atoms with Crippen molar-refractivity contribution >= 4 is 11.5 Å². The Hall–Kier alpha value is -1.57. The number of esters is 1. The quantitative estimate of drug-likeness (QED) is 0.595. The molecule has 0 bridgehead atoms. The maximum atomic E-state index is 11.8. The highest BCUT2D eigenvalue weighted by molar-refractivity contribution is 5.92. The Morgan fingerprint density at radius 3 is 2.45 bits per heavy atom. The summed E-state index contributed by atoms with van der Waals surface area (Å²) in [5.41, 5.74) is 3.56. The molecule has 0 radical (unpaired) electrons. The van der Waals surface area contributed by atoms with Crippen LogP contribution in [0.1, 0.15) is 50.2 Å². The van der Waals surface area contributed by atoms with Crippen LogP contribution < -0.4 is 0 Å². The molecule has 2 rings (SSSR count). The second-order valence-electron chi connectivity index (χ2n) is 5.55. The fourth-order valence-electron chi connectivity index (χ4n) is 2.91. The summed E-state index contributed by atoms with van der Waals surface area (Å²) in [6, 6.07) is 8.46. The first-order chi connectivity index (χ1) is 9.70. The molecular formula is C18H24O2. The molecule has 1 aromatic carbocycles. The van der Waals surface area contributed by atoms with Crippen molar-refractivity contribution in [2.24, 2.45) is 5.92 Å². The molecule has 1 aliphatic carbocycles. The molecule has 0 heterocycles. The molecule has 2 nitrogen and oxygen atoms in total. The Bertz CT molecular complexity index is 465. The van der Waals surface area contributed by atoms with Gasteiger partial charge < -0.3 is 4.74 Å². The van der Waals surface area contributed by atoms with Crippen molar-refractivity contribution in [1.82, 2.24) is 0 Å². The third-order valence-corrected chi connectivity index (χ3v) is 3.99. The van der Waals surface area contributed by atoms with Crippen molar-refractivity contribution in [1.29, 1.82) is 0 Å². The average Bonchev–Trinajstić information content (AvgIpc) is 2.47. The minimum Gasteiger partial charge on any atom is -0.463 e. The summed E-state index contributed by atoms with van der Waals surface area (Å²) >= 11 is 0. The maximum Gasteiger partial charge on any atom is 0.331 e. The van der Waals surface area contributed by atoms with Crippen molar-refractivity contribution in [2.75, 3.05) is 6.61 Å². The van der Waals surface area contributed by atoms with Crippen LogP contribution >= 0.6 is 0 Å². The van der Waals surface area contributed by atoms with Crippen molar-refractivity contribution < 1.29 is 9.53 Å². The number of rotatable bonds is 4. The molecule has 1 fully saturated rings. The van der Waals surface area contributed by atoms with Gasteiger partial charge in [0.25, 0.3) is 0 Å². The van der Waals surface area contributed by atoms with E-state index in [2.05, 4.69) is 31.2 Å². The van der Waals surface area contributed by atoms with Gasteiger partial charge in [-0.3, -0.25) is 0 Å². The van der Waals surface area contributed by atoms with Crippen LogP contribution in [-0.4, -0.2) is 12.6 Å². The molecule has 0 saturated heterocycles. The highest BCUT2D eigenvalue weighted by Gasteiger charge is 2.20. The van der Waals surface area contributed by atoms with Crippen LogP contribution in [0.3, 0.4) is 0 Å². The van der Waals surface area contributed by atoms with Crippen molar-refractivity contribution in [2.45, 2.75) is 46.0 Å². The van der Waals surface area contributed by atoms with Gasteiger partial charge in [0.2, 0.25) is 0 Å². The van der Waals surface area contributed by atoms with E-state index in [1.807, 2.05) is 6.92 Å². The predicted octanol–water partition coefficient (Wildman–Crippen LogP) is 4.52. The molecule has 1 saturated carbocycles. The monoisotopic (exact) mass is 272 g/mol. The summed E-state index contributed by atoms with van der Waals surface area (Å²) in [5, 5.41) is 0. The van der Waals surface area contributed by atoms with Crippen LogP contribution in [-0.2, 0) is 9.53 Å². The van der Waals surface area contributed by atoms with Gasteiger partial charge in [-0.1, -0.05) is 49.1 Å². The first-order valence-corrected chi connectivity index (χ1v) is 7.66. The topological polar surface area (TPSA) is 26.3 Å². The van der Waals surface area contributed by atoms with Gasteiger partial charge in [-0.2, -0.15) is 0 Å². The number of hydrogen-bond donors (Lipinski definition) is 0. The van der Waals surface area contributed by atoms with E-state index in [1.54, 1.807) is 6.08 Å². The second kappa shape index (κ2) is 7.28. The molecule has 0 amide bonds. The fourth-order valence-corrected chi connectivity index (χ4v) is 2.91. The zero-order valence-electron chi connectivity index (χ0n) is 12.5. The lowest BCUT2D eigenvalue weighted by atomic mass is 9.80. The van der Waals surface area contributed by atoms with Crippen molar-refractivity contribution in [3.63, 3.8) is 0 Å². The molecular weight excluding hydrogens is 248 g/mol. The molecule has 0 atom stereocenters. The average molecular weight is 272 g/mol. The molecule has 0 spiro atoms. The van der Waals surface area contributed by atoms with Crippen LogP contribution in [0.15, 0.2) is 30.3 Å². The molecule has 0 N–H and O–H groups in total. The second-order valence-corrected chi connectivity index (χ2v) is 5.55. The lowest BCUT2D eigenvalue weighted by Crippen LogP contribution is -2.11. The largest absolute Gasteiger partial charge is 0.463 e. The highest BCUT2D eigenvalue weighted by atomic mass is 16.5. The Morgan fingerprint density at radius 1 is 1.20 bits per heavy atom. The van der Waals surface area contributed by atoms with E-state index in [-0.39, 0.29) is 5.97 Å². The van der Waals surface area contributed by atoms with Crippen LogP contribution in [0.2, 0.25) is 0 Å². The van der Waals surface area contributed by atoms with Gasteiger partial charge in [0.1, 0.15) is 0 Å². The van der Waals surface area contributed by atoms with Crippen molar-refractivity contribution in [3.05, 3.63) is 41.5 Å². The molecule has 1 aliphatic rings. The van der Waals surface area contributed by atoms with E-state index in [0.717, 1.165) is 11.1 Å². The smallest absolute Gasteiger partial charge is 0.331 e. The fraction of sp³-hybridized carbons (Fsp3) is 0.500. The molecule has 0 unspecified atom stereocenters. The van der Waals surface area contributed by atoms with Gasteiger partial charge in [-0.15, -0.1) is 0 Å². The molecule has 1 aromatic rings. The number of carbonyl (C=O) groups is 1. The van der Waals surface area contributed by atoms with Crippen LogP contribution in [0, 0.1) is 12.8 Å². The van der Waals surface area contributed by atoms with E-state index in [1.165, 1.54) is 37.7 Å². The van der Waals surface area contributed by atoms with Crippen LogP contribution in [0.5, 0.6) is 0 Å². The van der Waals surface area contributed by atoms with E-state index in [9.17, 15) is 4.79 Å². The summed E-state index contributed by atoms with van der Waals surface area (Å²) in [4.78, 5) is 11.8. The number of carbonyl (C=O) groups excluding carboxylic acids is 1. The minimum absolute atomic E-state index is 0.214. The summed E-state index contributed by atoms with van der Waals surface area (Å²) < 4.78 is 5.09. The summed E-state index contributed by atoms with van der Waals surface area (Å²) in [6.45, 7) is 4.36. The zero-order chi connectivity index (χ0) is 14.4. The first-order valence-electron chi connectivity index (χ1n) is 7.66. The Labute approximate surface area is 121 Å². The van der Waals surface area contributed by atoms with Crippen molar-refractivity contribution in [3.8, 4) is 0 Å². The van der Waals surface area contributed by atoms with Crippen LogP contribution in [0.4, 0.5) is 0 Å². The number of benzene rings is 1. The Balaban J connectivity index is 2.27.